The number of carbonyl (C=O) groups is 2. The van der Waals surface area contributed by atoms with Crippen LogP contribution in [0.4, 0.5) is 0 Å². The van der Waals surface area contributed by atoms with Crippen molar-refractivity contribution < 1.29 is 14.3 Å². The molecule has 2 amide bonds. The van der Waals surface area contributed by atoms with Gasteiger partial charge in [0.15, 0.2) is 0 Å². The smallest absolute Gasteiger partial charge is 0.262 e. The van der Waals surface area contributed by atoms with Crippen molar-refractivity contribution in [3.63, 3.8) is 0 Å². The molecule has 0 aliphatic rings. The highest BCUT2D eigenvalue weighted by Gasteiger charge is 2.22. The first-order chi connectivity index (χ1) is 16.4. The second-order valence-corrected chi connectivity index (χ2v) is 8.88. The summed E-state index contributed by atoms with van der Waals surface area (Å²) < 4.78 is 5.89. The Morgan fingerprint density at radius 2 is 1.79 bits per heavy atom. The van der Waals surface area contributed by atoms with Crippen LogP contribution in [-0.2, 0) is 4.79 Å². The van der Waals surface area contributed by atoms with Gasteiger partial charge < -0.3 is 10.1 Å². The number of hydrogen-bond acceptors (Lipinski definition) is 4. The van der Waals surface area contributed by atoms with Crippen molar-refractivity contribution in [3.05, 3.63) is 76.8 Å². The Balaban J connectivity index is 1.77. The molecule has 3 rings (SSSR count). The molecule has 0 spiro atoms. The van der Waals surface area contributed by atoms with Crippen LogP contribution in [0.2, 0.25) is 5.02 Å². The van der Waals surface area contributed by atoms with Crippen molar-refractivity contribution in [2.45, 2.75) is 39.7 Å². The van der Waals surface area contributed by atoms with E-state index < -0.39 is 6.04 Å². The maximum atomic E-state index is 12.9. The number of hydrogen-bond donors (Lipinski definition) is 2. The zero-order valence-corrected chi connectivity index (χ0v) is 20.4. The van der Waals surface area contributed by atoms with E-state index in [1.807, 2.05) is 57.2 Å². The van der Waals surface area contributed by atoms with Gasteiger partial charge in [0, 0.05) is 16.1 Å². The molecule has 0 saturated carbocycles. The average Bonchev–Trinajstić information content (AvgIpc) is 2.82. The summed E-state index contributed by atoms with van der Waals surface area (Å²) in [5.41, 5.74) is 3.81. The molecule has 34 heavy (non-hydrogen) atoms. The molecule has 178 valence electrons. The highest BCUT2D eigenvalue weighted by atomic mass is 35.5. The van der Waals surface area contributed by atoms with Gasteiger partial charge in [-0.25, -0.2) is 5.43 Å². The van der Waals surface area contributed by atoms with Crippen molar-refractivity contribution in [1.29, 1.82) is 0 Å². The summed E-state index contributed by atoms with van der Waals surface area (Å²) in [6.45, 7) is 6.61. The molecular weight excluding hydrogens is 450 g/mol. The number of fused-ring (bicyclic) bond motifs is 1. The Bertz CT molecular complexity index is 1160. The van der Waals surface area contributed by atoms with E-state index >= 15 is 0 Å². The summed E-state index contributed by atoms with van der Waals surface area (Å²) in [5.74, 6) is 0.167. The minimum absolute atomic E-state index is 0.192. The maximum absolute atomic E-state index is 12.9. The summed E-state index contributed by atoms with van der Waals surface area (Å²) >= 11 is 5.90. The van der Waals surface area contributed by atoms with Crippen molar-refractivity contribution in [3.8, 4) is 5.75 Å². The highest BCUT2D eigenvalue weighted by molar-refractivity contribution is 6.30. The predicted molar refractivity (Wildman–Crippen MR) is 138 cm³/mol. The Labute approximate surface area is 205 Å². The Morgan fingerprint density at radius 3 is 2.50 bits per heavy atom. The van der Waals surface area contributed by atoms with Gasteiger partial charge in [-0.1, -0.05) is 62.7 Å². The molecule has 1 atom stereocenters. The van der Waals surface area contributed by atoms with E-state index in [0.717, 1.165) is 22.8 Å². The van der Waals surface area contributed by atoms with E-state index in [2.05, 4.69) is 15.8 Å². The minimum Gasteiger partial charge on any atom is -0.493 e. The van der Waals surface area contributed by atoms with Crippen LogP contribution in [0.1, 0.15) is 49.5 Å². The standard InChI is InChI=1S/C27H30ClN3O3/c1-4-15-34-25-14-11-19-7-5-6-8-22(19)23(25)17-29-31-27(33)24(16-18(2)3)30-26(32)20-9-12-21(28)13-10-20/h5-14,17-18,24H,4,15-16H2,1-3H3,(H,30,32)(H,31,33)/b29-17+. The average molecular weight is 480 g/mol. The number of carbonyl (C=O) groups excluding carboxylic acids is 2. The topological polar surface area (TPSA) is 79.8 Å². The summed E-state index contributed by atoms with van der Waals surface area (Å²) in [6, 6.07) is 17.6. The summed E-state index contributed by atoms with van der Waals surface area (Å²) in [5, 5.41) is 9.58. The fourth-order valence-corrected chi connectivity index (χ4v) is 3.66. The summed E-state index contributed by atoms with van der Waals surface area (Å²) in [4.78, 5) is 25.6. The lowest BCUT2D eigenvalue weighted by molar-refractivity contribution is -0.123. The number of amides is 2. The Kier molecular flexibility index (Phi) is 9.05. The third kappa shape index (κ3) is 6.81. The van der Waals surface area contributed by atoms with Crippen LogP contribution >= 0.6 is 11.6 Å². The fourth-order valence-electron chi connectivity index (χ4n) is 3.53. The molecule has 0 radical (unpaired) electrons. The number of rotatable bonds is 10. The van der Waals surface area contributed by atoms with Gasteiger partial charge in [0.1, 0.15) is 11.8 Å². The van der Waals surface area contributed by atoms with Crippen LogP contribution in [0.5, 0.6) is 5.75 Å². The quantitative estimate of drug-likeness (QED) is 0.294. The van der Waals surface area contributed by atoms with Gasteiger partial charge in [0.2, 0.25) is 0 Å². The molecular formula is C27H30ClN3O3. The van der Waals surface area contributed by atoms with Gasteiger partial charge >= 0.3 is 0 Å². The van der Waals surface area contributed by atoms with E-state index in [9.17, 15) is 9.59 Å². The molecule has 3 aromatic rings. The van der Waals surface area contributed by atoms with E-state index in [-0.39, 0.29) is 17.7 Å². The molecule has 0 aliphatic heterocycles. The summed E-state index contributed by atoms with van der Waals surface area (Å²) in [7, 11) is 0. The van der Waals surface area contributed by atoms with Gasteiger partial charge in [0.05, 0.1) is 12.8 Å². The SMILES string of the molecule is CCCOc1ccc2ccccc2c1/C=N/NC(=O)C(CC(C)C)NC(=O)c1ccc(Cl)cc1. The molecule has 0 saturated heterocycles. The van der Waals surface area contributed by atoms with Gasteiger partial charge in [-0.15, -0.1) is 0 Å². The van der Waals surface area contributed by atoms with Crippen LogP contribution < -0.4 is 15.5 Å². The molecule has 0 aliphatic carbocycles. The van der Waals surface area contributed by atoms with Crippen molar-refractivity contribution in [2.75, 3.05) is 6.61 Å². The lowest BCUT2D eigenvalue weighted by atomic mass is 10.0. The zero-order chi connectivity index (χ0) is 24.5. The predicted octanol–water partition coefficient (Wildman–Crippen LogP) is 5.58. The summed E-state index contributed by atoms with van der Waals surface area (Å²) in [6.07, 6.45) is 2.95. The van der Waals surface area contributed by atoms with E-state index in [1.165, 1.54) is 0 Å². The molecule has 2 N–H and O–H groups in total. The van der Waals surface area contributed by atoms with E-state index in [4.69, 9.17) is 16.3 Å². The third-order valence-corrected chi connectivity index (χ3v) is 5.45. The van der Waals surface area contributed by atoms with E-state index in [1.54, 1.807) is 30.5 Å². The zero-order valence-electron chi connectivity index (χ0n) is 19.7. The number of nitrogens with zero attached hydrogens (tertiary/aromatic N) is 1. The number of benzene rings is 3. The van der Waals surface area contributed by atoms with Gasteiger partial charge in [0.25, 0.3) is 11.8 Å². The molecule has 0 fully saturated rings. The van der Waals surface area contributed by atoms with Crippen LogP contribution in [-0.4, -0.2) is 30.7 Å². The lowest BCUT2D eigenvalue weighted by Gasteiger charge is -2.19. The molecule has 3 aromatic carbocycles. The van der Waals surface area contributed by atoms with Crippen LogP contribution in [0.25, 0.3) is 10.8 Å². The van der Waals surface area contributed by atoms with Gasteiger partial charge in [-0.05, 0) is 59.9 Å². The van der Waals surface area contributed by atoms with E-state index in [0.29, 0.717) is 29.4 Å². The Morgan fingerprint density at radius 1 is 1.06 bits per heavy atom. The van der Waals surface area contributed by atoms with Crippen LogP contribution in [0.3, 0.4) is 0 Å². The molecule has 6 nitrogen and oxygen atoms in total. The number of nitrogens with one attached hydrogen (secondary N) is 2. The number of halogens is 1. The van der Waals surface area contributed by atoms with Gasteiger partial charge in [-0.3, -0.25) is 9.59 Å². The second kappa shape index (κ2) is 12.2. The largest absolute Gasteiger partial charge is 0.493 e. The first-order valence-electron chi connectivity index (χ1n) is 11.4. The normalized spacial score (nSPS) is 12.1. The van der Waals surface area contributed by atoms with Gasteiger partial charge in [-0.2, -0.15) is 5.10 Å². The monoisotopic (exact) mass is 479 g/mol. The highest BCUT2D eigenvalue weighted by Crippen LogP contribution is 2.26. The molecule has 1 unspecified atom stereocenters. The molecule has 0 heterocycles. The molecule has 0 aromatic heterocycles. The number of hydrazone groups is 1. The van der Waals surface area contributed by atoms with Crippen molar-refractivity contribution in [2.24, 2.45) is 11.0 Å². The number of ether oxygens (including phenoxy) is 1. The van der Waals surface area contributed by atoms with Crippen molar-refractivity contribution >= 4 is 40.4 Å². The third-order valence-electron chi connectivity index (χ3n) is 5.20. The van der Waals surface area contributed by atoms with Crippen molar-refractivity contribution in [1.82, 2.24) is 10.7 Å². The van der Waals surface area contributed by atoms with Crippen LogP contribution in [0, 0.1) is 5.92 Å². The minimum atomic E-state index is -0.733. The molecule has 0 bridgehead atoms. The first kappa shape index (κ1) is 25.2. The fraction of sp³-hybridized carbons (Fsp3) is 0.296. The second-order valence-electron chi connectivity index (χ2n) is 8.44. The lowest BCUT2D eigenvalue weighted by Crippen LogP contribution is -2.46. The Hall–Kier alpha value is -3.38. The maximum Gasteiger partial charge on any atom is 0.262 e. The first-order valence-corrected chi connectivity index (χ1v) is 11.8. The molecule has 7 heteroatoms. The van der Waals surface area contributed by atoms with Crippen LogP contribution in [0.15, 0.2) is 65.8 Å².